The fraction of sp³-hybridized carbons (Fsp3) is 0.349. The number of hydrogen-bond donors (Lipinski definition) is 2. The van der Waals surface area contributed by atoms with E-state index in [-0.39, 0.29) is 18.9 Å². The molecule has 12 heteroatoms. The minimum atomic E-state index is -4.08. The molecule has 0 saturated heterocycles. The lowest BCUT2D eigenvalue weighted by molar-refractivity contribution is -0.136. The van der Waals surface area contributed by atoms with E-state index in [1.54, 1.807) is 0 Å². The van der Waals surface area contributed by atoms with Crippen molar-refractivity contribution in [1.82, 2.24) is 19.9 Å². The molecule has 0 saturated carbocycles. The van der Waals surface area contributed by atoms with Crippen LogP contribution in [0.5, 0.6) is 0 Å². The molecular formula is C63H62F7N5. The minimum absolute atomic E-state index is 0.197. The van der Waals surface area contributed by atoms with Gasteiger partial charge in [0.25, 0.3) is 0 Å². The molecule has 8 aromatic rings. The molecule has 4 aromatic heterocycles. The zero-order chi connectivity index (χ0) is 51.9. The van der Waals surface area contributed by atoms with Gasteiger partial charge in [0.15, 0.2) is 0 Å². The van der Waals surface area contributed by atoms with Crippen LogP contribution in [0.4, 0.5) is 36.6 Å². The number of fused-ring (bicyclic) bond motifs is 5. The summed E-state index contributed by atoms with van der Waals surface area (Å²) < 4.78 is 91.7. The molecule has 2 aliphatic carbocycles. The van der Waals surface area contributed by atoms with Crippen molar-refractivity contribution in [3.8, 4) is 0 Å². The number of nitrogens with zero attached hydrogens (tertiary/aromatic N) is 3. The Morgan fingerprint density at radius 2 is 1.11 bits per heavy atom. The van der Waals surface area contributed by atoms with Crippen LogP contribution in [0.3, 0.4) is 0 Å². The van der Waals surface area contributed by atoms with Crippen LogP contribution >= 0.6 is 0 Å². The zero-order valence-electron chi connectivity index (χ0n) is 42.1. The van der Waals surface area contributed by atoms with E-state index in [1.165, 1.54) is 5.56 Å². The summed E-state index contributed by atoms with van der Waals surface area (Å²) >= 11 is 0. The van der Waals surface area contributed by atoms with E-state index in [0.29, 0.717) is 24.2 Å². The summed E-state index contributed by atoms with van der Waals surface area (Å²) in [4.78, 5) is 17.9. The number of pyridine rings is 3. The van der Waals surface area contributed by atoms with Crippen molar-refractivity contribution < 1.29 is 30.7 Å². The second-order valence-electron chi connectivity index (χ2n) is 20.6. The summed E-state index contributed by atoms with van der Waals surface area (Å²) in [6, 6.07) is 36.9. The average molecular weight is 1020 g/mol. The van der Waals surface area contributed by atoms with E-state index >= 15 is 4.39 Å². The number of nitrogens with one attached hydrogen (secondary N) is 2. The Balaban J connectivity index is 0.826. The van der Waals surface area contributed by atoms with Crippen molar-refractivity contribution in [2.24, 2.45) is 0 Å². The normalized spacial score (nSPS) is 15.5. The summed E-state index contributed by atoms with van der Waals surface area (Å²) in [5, 5.41) is 6.68. The number of alkyl halides is 6. The van der Waals surface area contributed by atoms with Gasteiger partial charge in [-0.1, -0.05) is 137 Å². The smallest absolute Gasteiger partial charge is 0.359 e. The monoisotopic (exact) mass is 1020 g/mol. The largest absolute Gasteiger partial charge is 0.389 e. The van der Waals surface area contributed by atoms with E-state index in [4.69, 9.17) is 9.97 Å². The highest BCUT2D eigenvalue weighted by Crippen LogP contribution is 2.49. The first kappa shape index (κ1) is 51.7. The van der Waals surface area contributed by atoms with Gasteiger partial charge >= 0.3 is 12.4 Å². The molecule has 2 atom stereocenters. The van der Waals surface area contributed by atoms with Crippen molar-refractivity contribution in [2.75, 3.05) is 5.32 Å². The van der Waals surface area contributed by atoms with Crippen LogP contribution in [0.2, 0.25) is 0 Å². The molecule has 4 heterocycles. The SMILES string of the molecule is Fc1nc(NC2C(c3ccc4cc5ccc(CCCCCCCCCC(F)(F)F)cc5nc4c3)=Cc3ccccc32)ccc1C1C(c2c[nH]c3ncc(CCCCCCCCCC(F)(F)F)cc23)=Cc2ccccc21. The van der Waals surface area contributed by atoms with Gasteiger partial charge in [-0.25, -0.2) is 15.0 Å². The van der Waals surface area contributed by atoms with Crippen LogP contribution in [0.25, 0.3) is 56.1 Å². The van der Waals surface area contributed by atoms with Gasteiger partial charge in [-0.2, -0.15) is 30.7 Å². The number of halogens is 7. The predicted molar refractivity (Wildman–Crippen MR) is 290 cm³/mol. The number of anilines is 1. The predicted octanol–water partition coefficient (Wildman–Crippen LogP) is 18.6. The molecule has 5 nitrogen and oxygen atoms in total. The molecule has 10 rings (SSSR count). The van der Waals surface area contributed by atoms with Crippen molar-refractivity contribution >= 4 is 62.0 Å². The molecule has 2 unspecified atom stereocenters. The first-order valence-corrected chi connectivity index (χ1v) is 26.8. The Labute approximate surface area is 433 Å². The minimum Gasteiger partial charge on any atom is -0.359 e. The van der Waals surface area contributed by atoms with Gasteiger partial charge in [0.1, 0.15) is 11.5 Å². The first-order chi connectivity index (χ1) is 36.3. The highest BCUT2D eigenvalue weighted by atomic mass is 19.4. The average Bonchev–Trinajstić information content (AvgIpc) is 4.13. The number of aromatic amines is 1. The molecule has 0 radical (unpaired) electrons. The maximum atomic E-state index is 16.9. The molecule has 4 aromatic carbocycles. The highest BCUT2D eigenvalue weighted by molar-refractivity contribution is 6.02. The lowest BCUT2D eigenvalue weighted by atomic mass is 9.86. The summed E-state index contributed by atoms with van der Waals surface area (Å²) in [6.45, 7) is 0. The second kappa shape index (κ2) is 23.0. The van der Waals surface area contributed by atoms with Gasteiger partial charge in [-0.05, 0) is 137 Å². The lowest BCUT2D eigenvalue weighted by Crippen LogP contribution is -2.13. The quantitative estimate of drug-likeness (QED) is 0.0290. The Kier molecular flexibility index (Phi) is 15.8. The van der Waals surface area contributed by atoms with Crippen LogP contribution in [0, 0.1) is 5.95 Å². The zero-order valence-corrected chi connectivity index (χ0v) is 42.1. The molecule has 0 aliphatic heterocycles. The van der Waals surface area contributed by atoms with Crippen LogP contribution < -0.4 is 5.32 Å². The fourth-order valence-electron chi connectivity index (χ4n) is 11.2. The van der Waals surface area contributed by atoms with Gasteiger partial charge in [-0.15, -0.1) is 0 Å². The first-order valence-electron chi connectivity index (χ1n) is 26.8. The maximum Gasteiger partial charge on any atom is 0.389 e. The Bertz CT molecular complexity index is 3350. The van der Waals surface area contributed by atoms with E-state index in [0.717, 1.165) is 160 Å². The molecule has 0 fully saturated rings. The van der Waals surface area contributed by atoms with Crippen LogP contribution in [0.1, 0.15) is 165 Å². The maximum absolute atomic E-state index is 16.9. The molecule has 0 amide bonds. The standard InChI is InChI=1S/C63H62F7N5/c64-60-50(58-48-23-15-13-21-43(48)37-52(58)54-40-72-61-53(54)33-42(39-71-61)20-12-8-4-2-6-10-18-32-63(68,69)70)29-30-57(75-60)74-59-49-24-16-14-22-44(49)36-51(59)45-27-28-47-35-46-26-25-41(34-55(46)73-56(47)38-45)19-11-7-3-1-5-9-17-31-62(65,66)67/h13-16,21-30,33-40,58-59H,1-12,17-20,31-32H2,(H,71,72)(H,74,75). The van der Waals surface area contributed by atoms with E-state index in [2.05, 4.69) is 100 Å². The van der Waals surface area contributed by atoms with Gasteiger partial charge in [0.2, 0.25) is 5.95 Å². The molecule has 0 spiro atoms. The number of rotatable bonds is 23. The molecule has 75 heavy (non-hydrogen) atoms. The number of unbranched alkanes of at least 4 members (excludes halogenated alkanes) is 12. The van der Waals surface area contributed by atoms with Crippen LogP contribution in [-0.2, 0) is 12.8 Å². The van der Waals surface area contributed by atoms with Crippen molar-refractivity contribution in [2.45, 2.75) is 140 Å². The molecule has 2 aliphatic rings. The fourth-order valence-corrected chi connectivity index (χ4v) is 11.2. The van der Waals surface area contributed by atoms with Gasteiger partial charge < -0.3 is 10.3 Å². The summed E-state index contributed by atoms with van der Waals surface area (Å²) in [5.41, 5.74) is 13.5. The topological polar surface area (TPSA) is 66.5 Å². The molecular weight excluding hydrogens is 960 g/mol. The number of H-pyrrole nitrogens is 1. The van der Waals surface area contributed by atoms with Gasteiger partial charge in [0.05, 0.1) is 17.1 Å². The third-order valence-corrected chi connectivity index (χ3v) is 15.1. The van der Waals surface area contributed by atoms with Crippen molar-refractivity contribution in [3.63, 3.8) is 0 Å². The van der Waals surface area contributed by atoms with E-state index in [9.17, 15) is 26.3 Å². The third kappa shape index (κ3) is 12.7. The number of hydrogen-bond acceptors (Lipinski definition) is 4. The summed E-state index contributed by atoms with van der Waals surface area (Å²) in [6.07, 6.45) is 11.6. The second-order valence-corrected chi connectivity index (χ2v) is 20.6. The van der Waals surface area contributed by atoms with Gasteiger partial charge in [0, 0.05) is 58.4 Å². The number of aryl methyl sites for hydroxylation is 2. The van der Waals surface area contributed by atoms with E-state index < -0.39 is 37.1 Å². The van der Waals surface area contributed by atoms with Crippen molar-refractivity contribution in [1.29, 1.82) is 0 Å². The number of benzene rings is 4. The molecule has 388 valence electrons. The van der Waals surface area contributed by atoms with Crippen LogP contribution in [0.15, 0.2) is 122 Å². The van der Waals surface area contributed by atoms with Gasteiger partial charge in [-0.3, -0.25) is 0 Å². The Morgan fingerprint density at radius 3 is 1.79 bits per heavy atom. The Hall–Kier alpha value is -6.82. The number of allylic oxidation sites excluding steroid dienone is 1. The van der Waals surface area contributed by atoms with Crippen molar-refractivity contribution in [3.05, 3.63) is 178 Å². The molecule has 0 bridgehead atoms. The highest BCUT2D eigenvalue weighted by Gasteiger charge is 2.33. The lowest BCUT2D eigenvalue weighted by Gasteiger charge is -2.22. The van der Waals surface area contributed by atoms with E-state index in [1.807, 2.05) is 48.8 Å². The Morgan fingerprint density at radius 1 is 0.520 bits per heavy atom. The molecule has 2 N–H and O–H groups in total. The summed E-state index contributed by atoms with van der Waals surface area (Å²) in [7, 11) is 0. The number of aromatic nitrogens is 4. The summed E-state index contributed by atoms with van der Waals surface area (Å²) in [5.74, 6) is -0.546. The third-order valence-electron chi connectivity index (χ3n) is 15.1. The van der Waals surface area contributed by atoms with Crippen LogP contribution in [-0.4, -0.2) is 32.3 Å².